The minimum absolute atomic E-state index is 0.0135. The van der Waals surface area contributed by atoms with E-state index in [1.54, 1.807) is 10.9 Å². The molecular formula is C18H14ClN3O6S. The molecule has 2 aromatic carbocycles. The zero-order chi connectivity index (χ0) is 21.0. The number of anilines is 1. The second-order valence-electron chi connectivity index (χ2n) is 5.66. The van der Waals surface area contributed by atoms with Crippen LogP contribution in [0.1, 0.15) is 16.1 Å². The van der Waals surface area contributed by atoms with Crippen molar-refractivity contribution >= 4 is 40.2 Å². The molecule has 0 atom stereocenters. The largest absolute Gasteiger partial charge is 0.506 e. The molecule has 1 heterocycles. The standard InChI is InChI=1S/C18H14ClN3O6S/c1-27-16-5-12(18(24)21-13-4-10(19)2-3-15(13)23)14(22(25)26)6-17(16)28-7-11-8-29-9-20-11/h2-6,8-9,23H,7H2,1H3,(H,21,24). The number of nitro benzene ring substituents is 1. The summed E-state index contributed by atoms with van der Waals surface area (Å²) in [5.74, 6) is -0.833. The fraction of sp³-hybridized carbons (Fsp3) is 0.111. The summed E-state index contributed by atoms with van der Waals surface area (Å²) in [6.07, 6.45) is 0. The highest BCUT2D eigenvalue weighted by Crippen LogP contribution is 2.36. The summed E-state index contributed by atoms with van der Waals surface area (Å²) in [4.78, 5) is 27.6. The van der Waals surface area contributed by atoms with Crippen LogP contribution in [-0.4, -0.2) is 28.0 Å². The van der Waals surface area contributed by atoms with E-state index in [2.05, 4.69) is 10.3 Å². The van der Waals surface area contributed by atoms with Crippen LogP contribution in [0, 0.1) is 10.1 Å². The number of hydrogen-bond donors (Lipinski definition) is 2. The number of carbonyl (C=O) groups is 1. The van der Waals surface area contributed by atoms with Crippen molar-refractivity contribution in [2.75, 3.05) is 12.4 Å². The van der Waals surface area contributed by atoms with E-state index in [0.717, 1.165) is 6.07 Å². The zero-order valence-electron chi connectivity index (χ0n) is 14.9. The van der Waals surface area contributed by atoms with Crippen molar-refractivity contribution in [1.29, 1.82) is 0 Å². The van der Waals surface area contributed by atoms with E-state index in [-0.39, 0.29) is 40.1 Å². The Hall–Kier alpha value is -3.37. The number of halogens is 1. The van der Waals surface area contributed by atoms with Gasteiger partial charge in [0.15, 0.2) is 11.5 Å². The number of phenols is 1. The minimum Gasteiger partial charge on any atom is -0.506 e. The molecule has 9 nitrogen and oxygen atoms in total. The van der Waals surface area contributed by atoms with E-state index in [1.807, 2.05) is 0 Å². The maximum Gasteiger partial charge on any atom is 0.286 e. The van der Waals surface area contributed by atoms with Crippen molar-refractivity contribution in [3.63, 3.8) is 0 Å². The van der Waals surface area contributed by atoms with Crippen LogP contribution < -0.4 is 14.8 Å². The molecule has 3 aromatic rings. The molecular weight excluding hydrogens is 422 g/mol. The van der Waals surface area contributed by atoms with Gasteiger partial charge in [-0.25, -0.2) is 4.98 Å². The Morgan fingerprint density at radius 3 is 2.79 bits per heavy atom. The van der Waals surface area contributed by atoms with Gasteiger partial charge in [-0.15, -0.1) is 11.3 Å². The Balaban J connectivity index is 1.93. The number of rotatable bonds is 7. The van der Waals surface area contributed by atoms with Gasteiger partial charge in [-0.1, -0.05) is 11.6 Å². The highest BCUT2D eigenvalue weighted by molar-refractivity contribution is 7.07. The summed E-state index contributed by atoms with van der Waals surface area (Å²) in [6.45, 7) is 0.0823. The first-order valence-electron chi connectivity index (χ1n) is 8.05. The Morgan fingerprint density at radius 2 is 2.14 bits per heavy atom. The molecule has 0 aliphatic rings. The first-order valence-corrected chi connectivity index (χ1v) is 9.37. The number of amides is 1. The second-order valence-corrected chi connectivity index (χ2v) is 6.82. The first-order chi connectivity index (χ1) is 13.9. The normalized spacial score (nSPS) is 10.4. The number of aromatic nitrogens is 1. The van der Waals surface area contributed by atoms with Crippen LogP contribution in [0.5, 0.6) is 17.2 Å². The van der Waals surface area contributed by atoms with Crippen LogP contribution in [-0.2, 0) is 6.61 Å². The van der Waals surface area contributed by atoms with Crippen LogP contribution in [0.4, 0.5) is 11.4 Å². The molecule has 29 heavy (non-hydrogen) atoms. The number of ether oxygens (including phenoxy) is 2. The van der Waals surface area contributed by atoms with E-state index in [0.29, 0.717) is 5.69 Å². The average molecular weight is 436 g/mol. The fourth-order valence-electron chi connectivity index (χ4n) is 2.41. The Labute approximate surface area is 173 Å². The van der Waals surface area contributed by atoms with Crippen LogP contribution >= 0.6 is 22.9 Å². The fourth-order valence-corrected chi connectivity index (χ4v) is 3.13. The highest BCUT2D eigenvalue weighted by atomic mass is 35.5. The monoisotopic (exact) mass is 435 g/mol. The molecule has 150 valence electrons. The van der Waals surface area contributed by atoms with Gasteiger partial charge in [0.2, 0.25) is 0 Å². The average Bonchev–Trinajstić information content (AvgIpc) is 3.22. The Morgan fingerprint density at radius 1 is 1.34 bits per heavy atom. The molecule has 2 N–H and O–H groups in total. The number of methoxy groups -OCH3 is 1. The third kappa shape index (κ3) is 4.73. The molecule has 0 radical (unpaired) electrons. The Bertz CT molecular complexity index is 1060. The van der Waals surface area contributed by atoms with Gasteiger partial charge in [-0.05, 0) is 18.2 Å². The quantitative estimate of drug-likeness (QED) is 0.323. The third-order valence-electron chi connectivity index (χ3n) is 3.79. The summed E-state index contributed by atoms with van der Waals surface area (Å²) in [6, 6.07) is 6.36. The maximum atomic E-state index is 12.7. The molecule has 0 saturated carbocycles. The molecule has 1 aromatic heterocycles. The lowest BCUT2D eigenvalue weighted by atomic mass is 10.1. The molecule has 0 aliphatic carbocycles. The number of nitro groups is 1. The molecule has 11 heteroatoms. The van der Waals surface area contributed by atoms with Crippen molar-refractivity contribution in [1.82, 2.24) is 4.98 Å². The van der Waals surface area contributed by atoms with Crippen molar-refractivity contribution in [3.8, 4) is 17.2 Å². The van der Waals surface area contributed by atoms with Crippen LogP contribution in [0.15, 0.2) is 41.2 Å². The summed E-state index contributed by atoms with van der Waals surface area (Å²) < 4.78 is 10.8. The molecule has 1 amide bonds. The lowest BCUT2D eigenvalue weighted by Gasteiger charge is -2.13. The number of thiazole rings is 1. The SMILES string of the molecule is COc1cc(C(=O)Nc2cc(Cl)ccc2O)c([N+](=O)[O-])cc1OCc1cscn1. The molecule has 0 unspecified atom stereocenters. The van der Waals surface area contributed by atoms with Gasteiger partial charge in [0.05, 0.1) is 35.0 Å². The zero-order valence-corrected chi connectivity index (χ0v) is 16.5. The smallest absolute Gasteiger partial charge is 0.286 e. The van der Waals surface area contributed by atoms with Crippen molar-refractivity contribution in [2.24, 2.45) is 0 Å². The van der Waals surface area contributed by atoms with Crippen LogP contribution in [0.2, 0.25) is 5.02 Å². The maximum absolute atomic E-state index is 12.7. The van der Waals surface area contributed by atoms with Crippen molar-refractivity contribution < 1.29 is 24.3 Å². The molecule has 3 rings (SSSR count). The van der Waals surface area contributed by atoms with Crippen LogP contribution in [0.25, 0.3) is 0 Å². The van der Waals surface area contributed by atoms with Gasteiger partial charge < -0.3 is 19.9 Å². The number of hydrogen-bond acceptors (Lipinski definition) is 8. The van der Waals surface area contributed by atoms with Gasteiger partial charge in [0.1, 0.15) is 17.9 Å². The minimum atomic E-state index is -0.821. The summed E-state index contributed by atoms with van der Waals surface area (Å²) in [5.41, 5.74) is 1.54. The van der Waals surface area contributed by atoms with Crippen molar-refractivity contribution in [3.05, 3.63) is 67.6 Å². The lowest BCUT2D eigenvalue weighted by Crippen LogP contribution is -2.14. The van der Waals surface area contributed by atoms with Crippen LogP contribution in [0.3, 0.4) is 0 Å². The lowest BCUT2D eigenvalue weighted by molar-refractivity contribution is -0.385. The van der Waals surface area contributed by atoms with E-state index < -0.39 is 16.5 Å². The van der Waals surface area contributed by atoms with E-state index in [1.165, 1.54) is 42.7 Å². The van der Waals surface area contributed by atoms with E-state index in [4.69, 9.17) is 21.1 Å². The number of carbonyl (C=O) groups excluding carboxylic acids is 1. The summed E-state index contributed by atoms with van der Waals surface area (Å²) >= 11 is 7.25. The number of benzene rings is 2. The van der Waals surface area contributed by atoms with Gasteiger partial charge in [-0.3, -0.25) is 14.9 Å². The third-order valence-corrected chi connectivity index (χ3v) is 4.66. The summed E-state index contributed by atoms with van der Waals surface area (Å²) in [7, 11) is 1.35. The van der Waals surface area contributed by atoms with E-state index in [9.17, 15) is 20.0 Å². The molecule has 0 fully saturated rings. The molecule has 0 aliphatic heterocycles. The summed E-state index contributed by atoms with van der Waals surface area (Å²) in [5, 5.41) is 25.8. The van der Waals surface area contributed by atoms with Gasteiger partial charge in [0, 0.05) is 16.5 Å². The van der Waals surface area contributed by atoms with Gasteiger partial charge >= 0.3 is 0 Å². The number of aromatic hydroxyl groups is 1. The topological polar surface area (TPSA) is 124 Å². The molecule has 0 saturated heterocycles. The number of phenolic OH excluding ortho intramolecular Hbond substituents is 1. The molecule has 0 spiro atoms. The predicted molar refractivity (Wildman–Crippen MR) is 107 cm³/mol. The second kappa shape index (κ2) is 8.76. The Kier molecular flexibility index (Phi) is 6.15. The van der Waals surface area contributed by atoms with Gasteiger partial charge in [-0.2, -0.15) is 0 Å². The highest BCUT2D eigenvalue weighted by Gasteiger charge is 2.25. The number of nitrogens with one attached hydrogen (secondary N) is 1. The first kappa shape index (κ1) is 20.4. The van der Waals surface area contributed by atoms with Crippen molar-refractivity contribution in [2.45, 2.75) is 6.61 Å². The van der Waals surface area contributed by atoms with Gasteiger partial charge in [0.25, 0.3) is 11.6 Å². The predicted octanol–water partition coefficient (Wildman–Crippen LogP) is 4.25. The number of nitrogens with zero attached hydrogens (tertiary/aromatic N) is 2. The van der Waals surface area contributed by atoms with E-state index >= 15 is 0 Å². The molecule has 0 bridgehead atoms.